The summed E-state index contributed by atoms with van der Waals surface area (Å²) in [5.74, 6) is -2.42. The van der Waals surface area contributed by atoms with Gasteiger partial charge in [-0.1, -0.05) is 18.2 Å². The molecule has 0 unspecified atom stereocenters. The zero-order valence-electron chi connectivity index (χ0n) is 14.0. The minimum atomic E-state index is -0.910. The number of carbonyl (C=O) groups is 4. The van der Waals surface area contributed by atoms with E-state index in [0.29, 0.717) is 5.56 Å². The maximum absolute atomic E-state index is 12.2. The van der Waals surface area contributed by atoms with E-state index >= 15 is 0 Å². The Kier molecular flexibility index (Phi) is 4.94. The van der Waals surface area contributed by atoms with Gasteiger partial charge in [0.2, 0.25) is 0 Å². The van der Waals surface area contributed by atoms with Gasteiger partial charge in [-0.3, -0.25) is 30.3 Å². The number of barbiturate groups is 1. The summed E-state index contributed by atoms with van der Waals surface area (Å²) in [5, 5.41) is 14.7. The van der Waals surface area contributed by atoms with Gasteiger partial charge in [0.05, 0.1) is 10.5 Å². The van der Waals surface area contributed by atoms with E-state index in [4.69, 9.17) is 4.74 Å². The first kappa shape index (κ1) is 18.5. The van der Waals surface area contributed by atoms with Crippen LogP contribution in [0.4, 0.5) is 10.5 Å². The van der Waals surface area contributed by atoms with Crippen molar-refractivity contribution in [1.29, 1.82) is 0 Å². The van der Waals surface area contributed by atoms with Crippen LogP contribution in [0.15, 0.2) is 54.1 Å². The van der Waals surface area contributed by atoms with Crippen LogP contribution in [-0.2, 0) is 9.59 Å². The molecule has 4 amide bonds. The minimum absolute atomic E-state index is 0.0116. The molecule has 3 rings (SSSR count). The van der Waals surface area contributed by atoms with Crippen molar-refractivity contribution in [2.75, 3.05) is 0 Å². The maximum Gasteiger partial charge on any atom is 0.343 e. The third-order valence-electron chi connectivity index (χ3n) is 3.62. The fourth-order valence-corrected chi connectivity index (χ4v) is 2.35. The Morgan fingerprint density at radius 1 is 1.00 bits per heavy atom. The van der Waals surface area contributed by atoms with E-state index < -0.39 is 28.7 Å². The van der Waals surface area contributed by atoms with E-state index in [-0.39, 0.29) is 22.6 Å². The SMILES string of the molecule is O=C1NC(=O)C(=Cc2cccc(OC(=O)c3cccc([N+](=O)[O-])c3)c2)C(=O)N1. The van der Waals surface area contributed by atoms with Crippen molar-refractivity contribution in [2.45, 2.75) is 0 Å². The summed E-state index contributed by atoms with van der Waals surface area (Å²) in [6, 6.07) is 10.1. The van der Waals surface area contributed by atoms with Crippen molar-refractivity contribution < 1.29 is 28.8 Å². The van der Waals surface area contributed by atoms with Gasteiger partial charge >= 0.3 is 12.0 Å². The molecular formula is C18H11N3O7. The molecular weight excluding hydrogens is 370 g/mol. The quantitative estimate of drug-likeness (QED) is 0.204. The molecule has 1 heterocycles. The smallest absolute Gasteiger partial charge is 0.343 e. The van der Waals surface area contributed by atoms with Crippen molar-refractivity contribution in [3.05, 3.63) is 75.3 Å². The zero-order chi connectivity index (χ0) is 20.3. The van der Waals surface area contributed by atoms with E-state index in [0.717, 1.165) is 6.07 Å². The standard InChI is InChI=1S/C18H11N3O7/c22-15-14(16(23)20-18(25)19-15)8-10-3-1-6-13(7-10)28-17(24)11-4-2-5-12(9-11)21(26)27/h1-9H,(H2,19,20,22,23,25). The first-order chi connectivity index (χ1) is 13.3. The molecule has 10 nitrogen and oxygen atoms in total. The van der Waals surface area contributed by atoms with E-state index in [1.807, 2.05) is 10.6 Å². The molecule has 140 valence electrons. The molecule has 10 heteroatoms. The van der Waals surface area contributed by atoms with Crippen LogP contribution < -0.4 is 15.4 Å². The second-order valence-corrected chi connectivity index (χ2v) is 5.56. The Hall–Kier alpha value is -4.34. The lowest BCUT2D eigenvalue weighted by Gasteiger charge is -2.14. The summed E-state index contributed by atoms with van der Waals surface area (Å²) in [6.07, 6.45) is 1.22. The summed E-state index contributed by atoms with van der Waals surface area (Å²) in [6.45, 7) is 0. The molecule has 1 aliphatic heterocycles. The van der Waals surface area contributed by atoms with Gasteiger partial charge in [0, 0.05) is 12.1 Å². The van der Waals surface area contributed by atoms with Gasteiger partial charge < -0.3 is 4.74 Å². The number of hydrogen-bond donors (Lipinski definition) is 2. The fourth-order valence-electron chi connectivity index (χ4n) is 2.35. The summed E-state index contributed by atoms with van der Waals surface area (Å²) in [4.78, 5) is 56.9. The van der Waals surface area contributed by atoms with Gasteiger partial charge in [0.15, 0.2) is 0 Å². The molecule has 2 aromatic rings. The Balaban J connectivity index is 1.81. The van der Waals surface area contributed by atoms with Gasteiger partial charge in [-0.25, -0.2) is 9.59 Å². The van der Waals surface area contributed by atoms with Crippen LogP contribution in [-0.4, -0.2) is 28.7 Å². The number of nitrogens with one attached hydrogen (secondary N) is 2. The fraction of sp³-hybridized carbons (Fsp3) is 0. The highest BCUT2D eigenvalue weighted by Crippen LogP contribution is 2.19. The van der Waals surface area contributed by atoms with Gasteiger partial charge in [0.1, 0.15) is 11.3 Å². The summed E-state index contributed by atoms with van der Waals surface area (Å²) in [7, 11) is 0. The number of nitro groups is 1. The number of esters is 1. The number of hydrogen-bond acceptors (Lipinski definition) is 7. The van der Waals surface area contributed by atoms with Crippen LogP contribution in [0.2, 0.25) is 0 Å². The van der Waals surface area contributed by atoms with Gasteiger partial charge in [-0.05, 0) is 29.8 Å². The van der Waals surface area contributed by atoms with Crippen LogP contribution in [0.25, 0.3) is 6.08 Å². The molecule has 1 fully saturated rings. The molecule has 0 spiro atoms. The lowest BCUT2D eigenvalue weighted by atomic mass is 10.1. The number of benzene rings is 2. The van der Waals surface area contributed by atoms with E-state index in [1.165, 1.54) is 42.5 Å². The number of urea groups is 1. The summed E-state index contributed by atoms with van der Waals surface area (Å²) < 4.78 is 5.19. The number of amides is 4. The number of carbonyl (C=O) groups excluding carboxylic acids is 4. The van der Waals surface area contributed by atoms with Crippen molar-refractivity contribution >= 4 is 35.6 Å². The van der Waals surface area contributed by atoms with E-state index in [2.05, 4.69) is 0 Å². The maximum atomic E-state index is 12.2. The van der Waals surface area contributed by atoms with Crippen LogP contribution in [0.5, 0.6) is 5.75 Å². The molecule has 1 saturated heterocycles. The molecule has 1 aliphatic rings. The highest BCUT2D eigenvalue weighted by Gasteiger charge is 2.27. The highest BCUT2D eigenvalue weighted by molar-refractivity contribution is 6.31. The zero-order valence-corrected chi connectivity index (χ0v) is 14.0. The molecule has 0 aromatic heterocycles. The van der Waals surface area contributed by atoms with Gasteiger partial charge in [0.25, 0.3) is 17.5 Å². The second kappa shape index (κ2) is 7.50. The average Bonchev–Trinajstić information content (AvgIpc) is 2.65. The molecule has 28 heavy (non-hydrogen) atoms. The number of non-ortho nitro benzene ring substituents is 1. The van der Waals surface area contributed by atoms with Crippen molar-refractivity contribution in [2.24, 2.45) is 0 Å². The number of rotatable bonds is 4. The lowest BCUT2D eigenvalue weighted by Crippen LogP contribution is -2.51. The van der Waals surface area contributed by atoms with Crippen LogP contribution in [0.3, 0.4) is 0 Å². The molecule has 0 bridgehead atoms. The second-order valence-electron chi connectivity index (χ2n) is 5.56. The topological polar surface area (TPSA) is 145 Å². The van der Waals surface area contributed by atoms with Crippen molar-refractivity contribution in [3.63, 3.8) is 0 Å². The van der Waals surface area contributed by atoms with Crippen LogP contribution in [0, 0.1) is 10.1 Å². The summed E-state index contributed by atoms with van der Waals surface area (Å²) >= 11 is 0. The number of nitro benzene ring substituents is 1. The van der Waals surface area contributed by atoms with Crippen LogP contribution >= 0.6 is 0 Å². The molecule has 2 N–H and O–H groups in total. The number of ether oxygens (including phenoxy) is 1. The first-order valence-electron chi connectivity index (χ1n) is 7.78. The Morgan fingerprint density at radius 2 is 1.68 bits per heavy atom. The minimum Gasteiger partial charge on any atom is -0.423 e. The third kappa shape index (κ3) is 4.07. The first-order valence-corrected chi connectivity index (χ1v) is 7.78. The predicted octanol–water partition coefficient (Wildman–Crippen LogP) is 1.56. The Labute approximate surface area is 156 Å². The van der Waals surface area contributed by atoms with Crippen LogP contribution in [0.1, 0.15) is 15.9 Å². The van der Waals surface area contributed by atoms with Gasteiger partial charge in [-0.15, -0.1) is 0 Å². The van der Waals surface area contributed by atoms with Gasteiger partial charge in [-0.2, -0.15) is 0 Å². The monoisotopic (exact) mass is 381 g/mol. The Bertz CT molecular complexity index is 1040. The molecule has 2 aromatic carbocycles. The number of nitrogens with zero attached hydrogens (tertiary/aromatic N) is 1. The molecule has 0 aliphatic carbocycles. The average molecular weight is 381 g/mol. The lowest BCUT2D eigenvalue weighted by molar-refractivity contribution is -0.384. The normalized spacial score (nSPS) is 13.4. The largest absolute Gasteiger partial charge is 0.423 e. The van der Waals surface area contributed by atoms with Crippen molar-refractivity contribution in [1.82, 2.24) is 10.6 Å². The van der Waals surface area contributed by atoms with Crippen molar-refractivity contribution in [3.8, 4) is 5.75 Å². The molecule has 0 atom stereocenters. The third-order valence-corrected chi connectivity index (χ3v) is 3.62. The summed E-state index contributed by atoms with van der Waals surface area (Å²) in [5.41, 5.74) is -0.194. The Morgan fingerprint density at radius 3 is 2.36 bits per heavy atom. The number of imide groups is 2. The van der Waals surface area contributed by atoms with E-state index in [1.54, 1.807) is 6.07 Å². The predicted molar refractivity (Wildman–Crippen MR) is 94.2 cm³/mol. The van der Waals surface area contributed by atoms with E-state index in [9.17, 15) is 29.3 Å². The molecule has 0 radical (unpaired) electrons. The molecule has 0 saturated carbocycles. The highest BCUT2D eigenvalue weighted by atomic mass is 16.6.